The molecule has 0 bridgehead atoms. The molecule has 0 radical (unpaired) electrons. The Kier molecular flexibility index (Phi) is 8.28. The normalized spacial score (nSPS) is 40.0. The zero-order valence-corrected chi connectivity index (χ0v) is 26.2. The number of hydrogen-bond acceptors (Lipinski definition) is 5. The Bertz CT molecular complexity index is 1130. The van der Waals surface area contributed by atoms with Crippen LogP contribution in [0.25, 0.3) is 0 Å². The van der Waals surface area contributed by atoms with E-state index >= 15 is 0 Å². The molecule has 42 heavy (non-hydrogen) atoms. The number of carboxylic acid groups (broad SMARTS) is 1. The fourth-order valence-corrected chi connectivity index (χ4v) is 10.8. The fourth-order valence-electron chi connectivity index (χ4n) is 10.8. The van der Waals surface area contributed by atoms with Crippen molar-refractivity contribution in [2.45, 2.75) is 110 Å². The predicted molar refractivity (Wildman–Crippen MR) is 161 cm³/mol. The lowest BCUT2D eigenvalue weighted by Gasteiger charge is -2.63. The Balaban J connectivity index is 1.25. The van der Waals surface area contributed by atoms with Gasteiger partial charge in [0, 0.05) is 18.8 Å². The van der Waals surface area contributed by atoms with Crippen molar-refractivity contribution in [1.82, 2.24) is 0 Å². The van der Waals surface area contributed by atoms with Gasteiger partial charge in [-0.15, -0.1) is 0 Å². The van der Waals surface area contributed by atoms with Crippen molar-refractivity contribution in [3.05, 3.63) is 35.9 Å². The van der Waals surface area contributed by atoms with Crippen molar-refractivity contribution < 1.29 is 28.9 Å². The summed E-state index contributed by atoms with van der Waals surface area (Å²) in [6.07, 6.45) is 11.5. The molecule has 1 heterocycles. The first-order valence-electron chi connectivity index (χ1n) is 16.8. The van der Waals surface area contributed by atoms with Crippen molar-refractivity contribution >= 4 is 11.9 Å². The van der Waals surface area contributed by atoms with E-state index in [1.807, 2.05) is 37.3 Å². The summed E-state index contributed by atoms with van der Waals surface area (Å²) < 4.78 is 19.0. The number of fused-ring (bicyclic) bond motifs is 5. The molecule has 6 rings (SSSR count). The summed E-state index contributed by atoms with van der Waals surface area (Å²) in [5, 5.41) is 9.34. The van der Waals surface area contributed by atoms with Gasteiger partial charge in [0.1, 0.15) is 6.10 Å². The third kappa shape index (κ3) is 5.23. The number of rotatable bonds is 8. The van der Waals surface area contributed by atoms with E-state index in [0.717, 1.165) is 44.9 Å². The molecule has 4 saturated carbocycles. The van der Waals surface area contributed by atoms with Gasteiger partial charge in [-0.25, -0.2) is 4.79 Å². The molecule has 6 nitrogen and oxygen atoms in total. The van der Waals surface area contributed by atoms with E-state index in [1.165, 1.54) is 25.7 Å². The topological polar surface area (TPSA) is 82.1 Å². The molecule has 1 aliphatic heterocycles. The minimum atomic E-state index is -0.686. The van der Waals surface area contributed by atoms with Gasteiger partial charge < -0.3 is 19.3 Å². The zero-order chi connectivity index (χ0) is 29.7. The number of benzene rings is 1. The first kappa shape index (κ1) is 30.1. The van der Waals surface area contributed by atoms with Crippen LogP contribution in [0.3, 0.4) is 0 Å². The van der Waals surface area contributed by atoms with Crippen LogP contribution >= 0.6 is 0 Å². The third-order valence-electron chi connectivity index (χ3n) is 13.2. The molecule has 5 fully saturated rings. The quantitative estimate of drug-likeness (QED) is 0.317. The molecule has 232 valence electrons. The van der Waals surface area contributed by atoms with Gasteiger partial charge in [-0.2, -0.15) is 0 Å². The van der Waals surface area contributed by atoms with Crippen molar-refractivity contribution in [1.29, 1.82) is 0 Å². The fraction of sp³-hybridized carbons (Fsp3) is 0.778. The van der Waals surface area contributed by atoms with Gasteiger partial charge in [0.2, 0.25) is 0 Å². The van der Waals surface area contributed by atoms with Gasteiger partial charge in [-0.1, -0.05) is 58.7 Å². The molecule has 1 N–H and O–H groups in total. The summed E-state index contributed by atoms with van der Waals surface area (Å²) >= 11 is 0. The van der Waals surface area contributed by atoms with E-state index in [1.54, 1.807) is 0 Å². The first-order valence-corrected chi connectivity index (χ1v) is 16.8. The Labute approximate surface area is 252 Å². The largest absolute Gasteiger partial charge is 0.481 e. The average molecular weight is 581 g/mol. The van der Waals surface area contributed by atoms with Crippen molar-refractivity contribution in [2.75, 3.05) is 13.2 Å². The lowest BCUT2D eigenvalue weighted by molar-refractivity contribution is -0.242. The van der Waals surface area contributed by atoms with E-state index in [9.17, 15) is 14.7 Å². The second kappa shape index (κ2) is 11.5. The highest BCUT2D eigenvalue weighted by atomic mass is 16.7. The summed E-state index contributed by atoms with van der Waals surface area (Å²) in [5.41, 5.74) is 1.07. The van der Waals surface area contributed by atoms with Gasteiger partial charge in [0.15, 0.2) is 5.79 Å². The number of carbonyl (C=O) groups is 2. The van der Waals surface area contributed by atoms with E-state index in [0.29, 0.717) is 54.3 Å². The maximum absolute atomic E-state index is 13.5. The van der Waals surface area contributed by atoms with Crippen LogP contribution in [-0.4, -0.2) is 42.1 Å². The molecule has 1 aromatic carbocycles. The second-order valence-electron chi connectivity index (χ2n) is 15.2. The van der Waals surface area contributed by atoms with Crippen LogP contribution in [-0.2, 0) is 19.0 Å². The predicted octanol–water partition coefficient (Wildman–Crippen LogP) is 7.75. The van der Waals surface area contributed by atoms with Crippen LogP contribution in [0.15, 0.2) is 30.3 Å². The maximum atomic E-state index is 13.5. The number of carboxylic acids is 1. The number of ether oxygens (including phenoxy) is 3. The van der Waals surface area contributed by atoms with Crippen molar-refractivity contribution in [2.24, 2.45) is 52.3 Å². The van der Waals surface area contributed by atoms with Gasteiger partial charge in [0.25, 0.3) is 0 Å². The molecule has 1 spiro atoms. The van der Waals surface area contributed by atoms with Crippen LogP contribution < -0.4 is 0 Å². The summed E-state index contributed by atoms with van der Waals surface area (Å²) in [6, 6.07) is 9.50. The molecular weight excluding hydrogens is 528 g/mol. The molecule has 7 unspecified atom stereocenters. The molecule has 10 atom stereocenters. The number of hydrogen-bond donors (Lipinski definition) is 1. The summed E-state index contributed by atoms with van der Waals surface area (Å²) in [7, 11) is 0. The van der Waals surface area contributed by atoms with Crippen LogP contribution in [0, 0.1) is 52.3 Å². The van der Waals surface area contributed by atoms with E-state index in [-0.39, 0.29) is 28.8 Å². The highest BCUT2D eigenvalue weighted by molar-refractivity contribution is 5.89. The smallest absolute Gasteiger partial charge is 0.338 e. The molecule has 0 aromatic heterocycles. The minimum Gasteiger partial charge on any atom is -0.481 e. The van der Waals surface area contributed by atoms with Crippen LogP contribution in [0.2, 0.25) is 0 Å². The highest BCUT2D eigenvalue weighted by Crippen LogP contribution is 2.69. The minimum absolute atomic E-state index is 0.0903. The Hall–Kier alpha value is -1.92. The standard InChI is InChI=1S/C36H52O6/c1-23(9-8-10-24(2)32(37)38)27-13-14-28-31-29(15-16-35(27,28)4)34(3)17-18-36(40-19-20-41-36)22-26(34)21-30(31)42-33(39)25-11-6-5-7-12-25/h5-7,11-12,23-24,26-31H,8-10,13-22H2,1-4H3,(H,37,38)/t23-,24?,26+,27?,28?,29?,30-,31?,34?,35?/m1/s1. The highest BCUT2D eigenvalue weighted by Gasteiger charge is 2.65. The molecule has 6 heteroatoms. The molecule has 5 aliphatic rings. The monoisotopic (exact) mass is 580 g/mol. The second-order valence-corrected chi connectivity index (χ2v) is 15.2. The van der Waals surface area contributed by atoms with Gasteiger partial charge >= 0.3 is 11.9 Å². The van der Waals surface area contributed by atoms with Gasteiger partial charge in [-0.3, -0.25) is 4.79 Å². The van der Waals surface area contributed by atoms with Crippen LogP contribution in [0.1, 0.15) is 109 Å². The molecule has 4 aliphatic carbocycles. The Morgan fingerprint density at radius 2 is 1.67 bits per heavy atom. The maximum Gasteiger partial charge on any atom is 0.338 e. The Morgan fingerprint density at radius 1 is 0.952 bits per heavy atom. The lowest BCUT2D eigenvalue weighted by atomic mass is 9.43. The number of esters is 1. The van der Waals surface area contributed by atoms with Crippen molar-refractivity contribution in [3.8, 4) is 0 Å². The summed E-state index contributed by atoms with van der Waals surface area (Å²) in [6.45, 7) is 10.7. The zero-order valence-electron chi connectivity index (χ0n) is 26.2. The third-order valence-corrected chi connectivity index (χ3v) is 13.2. The Morgan fingerprint density at radius 3 is 2.38 bits per heavy atom. The average Bonchev–Trinajstić information content (AvgIpc) is 3.58. The number of carbonyl (C=O) groups excluding carboxylic acids is 1. The molecule has 1 saturated heterocycles. The van der Waals surface area contributed by atoms with Gasteiger partial charge in [0.05, 0.1) is 24.7 Å². The van der Waals surface area contributed by atoms with E-state index in [4.69, 9.17) is 14.2 Å². The summed E-state index contributed by atoms with van der Waals surface area (Å²) in [5.74, 6) is 1.48. The number of aliphatic carboxylic acids is 1. The first-order chi connectivity index (χ1) is 20.1. The SMILES string of the molecule is CC(CCC[C@@H](C)C1CCC2C3C(CCC21C)C1(C)CCC2(C[C@@H]1C[C@H]3OC(=O)c1ccccc1)OCCO2)C(=O)O. The van der Waals surface area contributed by atoms with Crippen LogP contribution in [0.5, 0.6) is 0 Å². The van der Waals surface area contributed by atoms with Crippen molar-refractivity contribution in [3.63, 3.8) is 0 Å². The van der Waals surface area contributed by atoms with Crippen LogP contribution in [0.4, 0.5) is 0 Å². The van der Waals surface area contributed by atoms with E-state index < -0.39 is 11.8 Å². The lowest BCUT2D eigenvalue weighted by Crippen LogP contribution is -2.60. The molecule has 0 amide bonds. The van der Waals surface area contributed by atoms with E-state index in [2.05, 4.69) is 20.8 Å². The van der Waals surface area contributed by atoms with Gasteiger partial charge in [-0.05, 0) is 97.5 Å². The molecular formula is C36H52O6. The molecule has 1 aromatic rings. The summed E-state index contributed by atoms with van der Waals surface area (Å²) in [4.78, 5) is 24.9.